The maximum absolute atomic E-state index is 12.8. The van der Waals surface area contributed by atoms with Gasteiger partial charge in [-0.1, -0.05) is 179 Å². The summed E-state index contributed by atoms with van der Waals surface area (Å²) in [5.74, 6) is -1.25. The van der Waals surface area contributed by atoms with Crippen molar-refractivity contribution in [2.75, 3.05) is 6.54 Å². The smallest absolute Gasteiger partial charge is 0.326 e. The number of amides is 1. The third-order valence-electron chi connectivity index (χ3n) is 10.8. The van der Waals surface area contributed by atoms with Crippen molar-refractivity contribution in [3.63, 3.8) is 0 Å². The van der Waals surface area contributed by atoms with Crippen molar-refractivity contribution in [2.45, 2.75) is 257 Å². The van der Waals surface area contributed by atoms with E-state index in [9.17, 15) is 19.5 Å². The fourth-order valence-corrected chi connectivity index (χ4v) is 7.19. The summed E-state index contributed by atoms with van der Waals surface area (Å²) in [6.07, 6.45) is 49.5. The number of aliphatic carboxylic acids is 1. The number of esters is 1. The number of nitrogens with one attached hydrogen (secondary N) is 1. The second kappa shape index (κ2) is 43.0. The number of carbonyl (C=O) groups is 3. The van der Waals surface area contributed by atoms with E-state index in [-0.39, 0.29) is 18.0 Å². The van der Waals surface area contributed by atoms with E-state index in [1.807, 2.05) is 0 Å². The lowest BCUT2D eigenvalue weighted by Gasteiger charge is -2.18. The molecule has 1 amide bonds. The fourth-order valence-electron chi connectivity index (χ4n) is 7.19. The van der Waals surface area contributed by atoms with Gasteiger partial charge >= 0.3 is 11.9 Å². The average Bonchev–Trinajstić information content (AvgIpc) is 3.17. The Balaban J connectivity index is 4.25. The molecule has 0 aliphatic heterocycles. The number of hydrogen-bond acceptors (Lipinski definition) is 5. The highest BCUT2D eigenvalue weighted by molar-refractivity contribution is 5.83. The van der Waals surface area contributed by atoms with Crippen LogP contribution in [0.15, 0.2) is 24.3 Å². The largest absolute Gasteiger partial charge is 0.480 e. The monoisotopic (exact) mass is 775 g/mol. The van der Waals surface area contributed by atoms with Gasteiger partial charge in [0.15, 0.2) is 0 Å². The van der Waals surface area contributed by atoms with E-state index in [0.29, 0.717) is 32.2 Å². The minimum Gasteiger partial charge on any atom is -0.480 e. The summed E-state index contributed by atoms with van der Waals surface area (Å²) in [6.45, 7) is 4.93. The molecule has 0 aliphatic rings. The molecule has 4 N–H and O–H groups in total. The molecule has 55 heavy (non-hydrogen) atoms. The van der Waals surface area contributed by atoms with Crippen molar-refractivity contribution in [1.82, 2.24) is 5.32 Å². The van der Waals surface area contributed by atoms with Gasteiger partial charge in [0.1, 0.15) is 12.1 Å². The van der Waals surface area contributed by atoms with Crippen molar-refractivity contribution in [3.05, 3.63) is 24.3 Å². The van der Waals surface area contributed by atoms with Crippen LogP contribution >= 0.6 is 0 Å². The molecule has 0 fully saturated rings. The Bertz CT molecular complexity index is 920. The molecule has 0 aromatic rings. The van der Waals surface area contributed by atoms with Crippen molar-refractivity contribution in [1.29, 1.82) is 0 Å². The molecule has 322 valence electrons. The van der Waals surface area contributed by atoms with Gasteiger partial charge in [-0.2, -0.15) is 0 Å². The summed E-state index contributed by atoms with van der Waals surface area (Å²) < 4.78 is 6.04. The first-order chi connectivity index (χ1) is 26.9. The van der Waals surface area contributed by atoms with E-state index >= 15 is 0 Å². The quantitative estimate of drug-likeness (QED) is 0.0322. The van der Waals surface area contributed by atoms with Crippen molar-refractivity contribution in [2.24, 2.45) is 5.73 Å². The molecule has 0 bridgehead atoms. The van der Waals surface area contributed by atoms with E-state index in [0.717, 1.165) is 77.0 Å². The summed E-state index contributed by atoms with van der Waals surface area (Å²) in [6, 6.07) is -0.859. The van der Waals surface area contributed by atoms with E-state index in [4.69, 9.17) is 10.5 Å². The Morgan fingerprint density at radius 3 is 1.47 bits per heavy atom. The Hall–Kier alpha value is -2.15. The number of carboxylic acids is 1. The molecule has 0 radical (unpaired) electrons. The highest BCUT2D eigenvalue weighted by atomic mass is 16.5. The molecular weight excluding hydrogens is 685 g/mol. The van der Waals surface area contributed by atoms with Gasteiger partial charge in [-0.3, -0.25) is 9.59 Å². The minimum absolute atomic E-state index is 0.0258. The van der Waals surface area contributed by atoms with Gasteiger partial charge in [0.25, 0.3) is 0 Å². The van der Waals surface area contributed by atoms with Crippen LogP contribution < -0.4 is 11.1 Å². The third-order valence-corrected chi connectivity index (χ3v) is 10.8. The zero-order chi connectivity index (χ0) is 40.3. The topological polar surface area (TPSA) is 119 Å². The molecule has 0 rings (SSSR count). The number of unbranched alkanes of at least 4 members (excludes halogenated alkanes) is 25. The van der Waals surface area contributed by atoms with Crippen LogP contribution in [-0.4, -0.2) is 41.6 Å². The van der Waals surface area contributed by atoms with Gasteiger partial charge in [-0.15, -0.1) is 0 Å². The van der Waals surface area contributed by atoms with Gasteiger partial charge in [0, 0.05) is 12.8 Å². The standard InChI is InChI=1S/C48H90N2O5/c1-3-5-7-9-11-13-15-16-17-18-19-20-21-23-25-27-32-36-42-47(52)55-44(38-33-29-26-24-22-14-12-10-8-6-4-2)39-34-30-28-31-35-41-46(51)50-45(48(53)54)40-37-43-49/h12,14,24,26,44-45H,3-11,13,15-23,25,27-43,49H2,1-2H3,(H,50,51)(H,53,54)/b14-12-,26-24-. The van der Waals surface area contributed by atoms with Gasteiger partial charge in [-0.05, 0) is 83.6 Å². The van der Waals surface area contributed by atoms with Gasteiger partial charge in [0.2, 0.25) is 5.91 Å². The predicted octanol–water partition coefficient (Wildman–Crippen LogP) is 13.6. The van der Waals surface area contributed by atoms with Crippen molar-refractivity contribution >= 4 is 17.8 Å². The summed E-state index contributed by atoms with van der Waals surface area (Å²) in [5, 5.41) is 11.9. The second-order valence-electron chi connectivity index (χ2n) is 16.2. The number of rotatable bonds is 43. The zero-order valence-corrected chi connectivity index (χ0v) is 36.3. The molecule has 0 aliphatic carbocycles. The predicted molar refractivity (Wildman–Crippen MR) is 234 cm³/mol. The molecule has 2 unspecified atom stereocenters. The average molecular weight is 775 g/mol. The molecule has 7 nitrogen and oxygen atoms in total. The first-order valence-electron chi connectivity index (χ1n) is 23.7. The maximum atomic E-state index is 12.8. The Morgan fingerprint density at radius 1 is 0.527 bits per heavy atom. The van der Waals surface area contributed by atoms with E-state index < -0.39 is 12.0 Å². The normalized spacial score (nSPS) is 12.8. The molecule has 0 heterocycles. The number of carboxylic acid groups (broad SMARTS) is 1. The van der Waals surface area contributed by atoms with Gasteiger partial charge in [0.05, 0.1) is 0 Å². The molecule has 0 spiro atoms. The van der Waals surface area contributed by atoms with Gasteiger partial charge in [-0.25, -0.2) is 4.79 Å². The Kier molecular flexibility index (Phi) is 41.3. The summed E-state index contributed by atoms with van der Waals surface area (Å²) >= 11 is 0. The van der Waals surface area contributed by atoms with Crippen LogP contribution in [-0.2, 0) is 19.1 Å². The molecule has 0 saturated carbocycles. The molecule has 0 aromatic heterocycles. The third kappa shape index (κ3) is 39.9. The van der Waals surface area contributed by atoms with Crippen molar-refractivity contribution in [3.8, 4) is 0 Å². The van der Waals surface area contributed by atoms with Crippen LogP contribution in [0.1, 0.15) is 245 Å². The number of nitrogens with two attached hydrogens (primary N) is 1. The lowest BCUT2D eigenvalue weighted by Crippen LogP contribution is -2.40. The van der Waals surface area contributed by atoms with Gasteiger partial charge < -0.3 is 20.9 Å². The highest BCUT2D eigenvalue weighted by Crippen LogP contribution is 2.18. The highest BCUT2D eigenvalue weighted by Gasteiger charge is 2.19. The van der Waals surface area contributed by atoms with Crippen molar-refractivity contribution < 1.29 is 24.2 Å². The van der Waals surface area contributed by atoms with E-state index in [2.05, 4.69) is 43.5 Å². The molecule has 0 saturated heterocycles. The number of ether oxygens (including phenoxy) is 1. The van der Waals surface area contributed by atoms with Crippen LogP contribution in [0.25, 0.3) is 0 Å². The first kappa shape index (κ1) is 52.9. The van der Waals surface area contributed by atoms with Crippen LogP contribution in [0.3, 0.4) is 0 Å². The summed E-state index contributed by atoms with van der Waals surface area (Å²) in [4.78, 5) is 36.4. The summed E-state index contributed by atoms with van der Waals surface area (Å²) in [5.41, 5.74) is 5.49. The molecule has 0 aromatic carbocycles. The zero-order valence-electron chi connectivity index (χ0n) is 36.3. The van der Waals surface area contributed by atoms with E-state index in [1.165, 1.54) is 128 Å². The summed E-state index contributed by atoms with van der Waals surface area (Å²) in [7, 11) is 0. The van der Waals surface area contributed by atoms with Crippen LogP contribution in [0, 0.1) is 0 Å². The number of carbonyl (C=O) groups excluding carboxylic acids is 2. The number of hydrogen-bond donors (Lipinski definition) is 3. The Labute approximate surface area is 340 Å². The minimum atomic E-state index is -1.01. The molecular formula is C48H90N2O5. The van der Waals surface area contributed by atoms with E-state index in [1.54, 1.807) is 0 Å². The Morgan fingerprint density at radius 2 is 0.964 bits per heavy atom. The van der Waals surface area contributed by atoms with Crippen LogP contribution in [0.4, 0.5) is 0 Å². The molecule has 7 heteroatoms. The SMILES string of the molecule is CCCCC/C=C\C/C=C\CCCC(CCCCCCCC(=O)NC(CCCN)C(=O)O)OC(=O)CCCCCCCCCCCCCCCCCCCC. The lowest BCUT2D eigenvalue weighted by molar-refractivity contribution is -0.150. The maximum Gasteiger partial charge on any atom is 0.326 e. The van der Waals surface area contributed by atoms with Crippen LogP contribution in [0.5, 0.6) is 0 Å². The number of allylic oxidation sites excluding steroid dienone is 4. The lowest BCUT2D eigenvalue weighted by atomic mass is 10.0. The fraction of sp³-hybridized carbons (Fsp3) is 0.854. The first-order valence-corrected chi connectivity index (χ1v) is 23.7. The second-order valence-corrected chi connectivity index (χ2v) is 16.2. The molecule has 2 atom stereocenters. The van der Waals surface area contributed by atoms with Crippen LogP contribution in [0.2, 0.25) is 0 Å².